The van der Waals surface area contributed by atoms with Gasteiger partial charge in [0.25, 0.3) is 0 Å². The van der Waals surface area contributed by atoms with Crippen LogP contribution in [0.1, 0.15) is 49.7 Å². The first kappa shape index (κ1) is 14.1. The zero-order valence-corrected chi connectivity index (χ0v) is 12.4. The molecule has 2 aliphatic rings. The summed E-state index contributed by atoms with van der Waals surface area (Å²) >= 11 is 0. The van der Waals surface area contributed by atoms with E-state index in [4.69, 9.17) is 9.47 Å². The Morgan fingerprint density at radius 1 is 1.33 bits per heavy atom. The van der Waals surface area contributed by atoms with Crippen LogP contribution in [0.3, 0.4) is 0 Å². The van der Waals surface area contributed by atoms with Crippen molar-refractivity contribution in [2.45, 2.75) is 38.5 Å². The van der Waals surface area contributed by atoms with Gasteiger partial charge in [-0.3, -0.25) is 9.59 Å². The average Bonchev–Trinajstić information content (AvgIpc) is 2.96. The smallest absolute Gasteiger partial charge is 0.324 e. The molecule has 3 rings (SSSR count). The molecular formula is C17H20O4. The lowest BCUT2D eigenvalue weighted by Gasteiger charge is -2.29. The highest BCUT2D eigenvalue weighted by molar-refractivity contribution is 6.05. The van der Waals surface area contributed by atoms with Gasteiger partial charge in [0.05, 0.1) is 13.2 Å². The molecule has 0 saturated carbocycles. The first-order valence-electron chi connectivity index (χ1n) is 7.61. The summed E-state index contributed by atoms with van der Waals surface area (Å²) in [4.78, 5) is 25.2. The van der Waals surface area contributed by atoms with Crippen LogP contribution in [-0.4, -0.2) is 25.2 Å². The molecule has 0 N–H and O–H groups in total. The summed E-state index contributed by atoms with van der Waals surface area (Å²) in [6.45, 7) is 4.38. The van der Waals surface area contributed by atoms with E-state index in [1.807, 2.05) is 24.3 Å². The number of ether oxygens (including phenoxy) is 2. The Morgan fingerprint density at radius 3 is 2.71 bits per heavy atom. The van der Waals surface area contributed by atoms with Crippen LogP contribution in [0.4, 0.5) is 0 Å². The van der Waals surface area contributed by atoms with E-state index < -0.39 is 17.4 Å². The van der Waals surface area contributed by atoms with Crippen LogP contribution in [0, 0.1) is 5.41 Å². The van der Waals surface area contributed by atoms with Crippen LogP contribution in [0.15, 0.2) is 24.3 Å². The molecule has 1 unspecified atom stereocenters. The van der Waals surface area contributed by atoms with E-state index in [1.165, 1.54) is 0 Å². The van der Waals surface area contributed by atoms with E-state index in [9.17, 15) is 9.59 Å². The van der Waals surface area contributed by atoms with Gasteiger partial charge in [-0.1, -0.05) is 37.6 Å². The van der Waals surface area contributed by atoms with E-state index in [0.717, 1.165) is 24.0 Å². The largest absolute Gasteiger partial charge is 0.465 e. The second-order valence-corrected chi connectivity index (χ2v) is 5.71. The van der Waals surface area contributed by atoms with Crippen molar-refractivity contribution in [3.05, 3.63) is 35.4 Å². The summed E-state index contributed by atoms with van der Waals surface area (Å²) in [6, 6.07) is 7.95. The molecule has 1 aromatic rings. The highest BCUT2D eigenvalue weighted by Crippen LogP contribution is 2.61. The third kappa shape index (κ3) is 1.74. The van der Waals surface area contributed by atoms with Gasteiger partial charge in [0.15, 0.2) is 5.41 Å². The minimum atomic E-state index is -1.17. The fourth-order valence-corrected chi connectivity index (χ4v) is 3.95. The third-order valence-corrected chi connectivity index (χ3v) is 4.76. The maximum atomic E-state index is 12.7. The molecule has 0 radical (unpaired) electrons. The molecular weight excluding hydrogens is 268 g/mol. The number of fused-ring (bicyclic) bond motifs is 3. The van der Waals surface area contributed by atoms with Gasteiger partial charge in [-0.05, 0) is 24.5 Å². The Bertz CT molecular complexity index is 580. The van der Waals surface area contributed by atoms with Crippen LogP contribution in [0.2, 0.25) is 0 Å². The van der Waals surface area contributed by atoms with Crippen molar-refractivity contribution in [1.29, 1.82) is 0 Å². The first-order chi connectivity index (χ1) is 10.2. The van der Waals surface area contributed by atoms with E-state index >= 15 is 0 Å². The monoisotopic (exact) mass is 288 g/mol. The van der Waals surface area contributed by atoms with Gasteiger partial charge in [0.1, 0.15) is 0 Å². The molecule has 0 aromatic heterocycles. The molecule has 1 fully saturated rings. The average molecular weight is 288 g/mol. The molecule has 4 heteroatoms. The van der Waals surface area contributed by atoms with Gasteiger partial charge in [0.2, 0.25) is 0 Å². The van der Waals surface area contributed by atoms with Gasteiger partial charge in [-0.15, -0.1) is 0 Å². The summed E-state index contributed by atoms with van der Waals surface area (Å²) in [5.74, 6) is -1.19. The van der Waals surface area contributed by atoms with Crippen molar-refractivity contribution in [3.8, 4) is 0 Å². The van der Waals surface area contributed by atoms with Crippen LogP contribution >= 0.6 is 0 Å². The molecule has 1 heterocycles. The Morgan fingerprint density at radius 2 is 2.05 bits per heavy atom. The summed E-state index contributed by atoms with van der Waals surface area (Å²) < 4.78 is 10.6. The number of carbonyl (C=O) groups excluding carboxylic acids is 2. The number of esters is 2. The zero-order valence-electron chi connectivity index (χ0n) is 12.4. The minimum Gasteiger partial charge on any atom is -0.465 e. The van der Waals surface area contributed by atoms with Gasteiger partial charge in [0, 0.05) is 11.8 Å². The Labute approximate surface area is 124 Å². The number of hydrogen-bond acceptors (Lipinski definition) is 4. The van der Waals surface area contributed by atoms with E-state index in [-0.39, 0.29) is 25.0 Å². The highest BCUT2D eigenvalue weighted by atomic mass is 16.6. The quantitative estimate of drug-likeness (QED) is 0.631. The van der Waals surface area contributed by atoms with E-state index in [1.54, 1.807) is 6.92 Å². The fraction of sp³-hybridized carbons (Fsp3) is 0.529. The molecule has 3 atom stereocenters. The van der Waals surface area contributed by atoms with Crippen LogP contribution in [0.25, 0.3) is 0 Å². The predicted molar refractivity (Wildman–Crippen MR) is 76.9 cm³/mol. The number of hydrogen-bond donors (Lipinski definition) is 0. The molecule has 21 heavy (non-hydrogen) atoms. The van der Waals surface area contributed by atoms with Gasteiger partial charge in [-0.25, -0.2) is 0 Å². The maximum absolute atomic E-state index is 12.7. The van der Waals surface area contributed by atoms with Crippen LogP contribution in [0.5, 0.6) is 0 Å². The van der Waals surface area contributed by atoms with Crippen molar-refractivity contribution in [3.63, 3.8) is 0 Å². The number of rotatable bonds is 4. The van der Waals surface area contributed by atoms with Crippen molar-refractivity contribution in [2.24, 2.45) is 5.41 Å². The maximum Gasteiger partial charge on any atom is 0.324 e. The van der Waals surface area contributed by atoms with E-state index in [2.05, 4.69) is 6.92 Å². The molecule has 1 aliphatic carbocycles. The molecule has 0 amide bonds. The lowest BCUT2D eigenvalue weighted by molar-refractivity contribution is -0.166. The second-order valence-electron chi connectivity index (χ2n) is 5.71. The highest BCUT2D eigenvalue weighted by Gasteiger charge is 2.68. The number of carbonyl (C=O) groups is 2. The second kappa shape index (κ2) is 5.17. The topological polar surface area (TPSA) is 52.6 Å². The first-order valence-corrected chi connectivity index (χ1v) is 7.61. The molecule has 1 aromatic carbocycles. The molecule has 1 aliphatic heterocycles. The molecule has 0 spiro atoms. The Hall–Kier alpha value is -1.84. The SMILES string of the molecule is CCCC1c2ccccc2[C@H]2COC(=O)[C@@]12C(=O)OCC. The van der Waals surface area contributed by atoms with Crippen molar-refractivity contribution < 1.29 is 19.1 Å². The molecule has 1 saturated heterocycles. The van der Waals surface area contributed by atoms with Crippen molar-refractivity contribution >= 4 is 11.9 Å². The molecule has 112 valence electrons. The third-order valence-electron chi connectivity index (χ3n) is 4.76. The Kier molecular flexibility index (Phi) is 3.47. The van der Waals surface area contributed by atoms with Crippen molar-refractivity contribution in [1.82, 2.24) is 0 Å². The summed E-state index contributed by atoms with van der Waals surface area (Å²) in [7, 11) is 0. The lowest BCUT2D eigenvalue weighted by Crippen LogP contribution is -2.43. The van der Waals surface area contributed by atoms with Crippen LogP contribution in [-0.2, 0) is 19.1 Å². The minimum absolute atomic E-state index is 0.141. The number of benzene rings is 1. The van der Waals surface area contributed by atoms with Gasteiger partial charge < -0.3 is 9.47 Å². The van der Waals surface area contributed by atoms with Gasteiger partial charge >= 0.3 is 11.9 Å². The van der Waals surface area contributed by atoms with E-state index in [0.29, 0.717) is 0 Å². The predicted octanol–water partition coefficient (Wildman–Crippen LogP) is 2.77. The fourth-order valence-electron chi connectivity index (χ4n) is 3.95. The Balaban J connectivity index is 2.17. The molecule has 4 nitrogen and oxygen atoms in total. The van der Waals surface area contributed by atoms with Gasteiger partial charge in [-0.2, -0.15) is 0 Å². The van der Waals surface area contributed by atoms with Crippen molar-refractivity contribution in [2.75, 3.05) is 13.2 Å². The zero-order chi connectivity index (χ0) is 15.0. The summed E-state index contributed by atoms with van der Waals surface area (Å²) in [6.07, 6.45) is 1.68. The standard InChI is InChI=1S/C17H20O4/c1-3-7-13-11-8-5-6-9-12(11)14-10-21-16(19)17(13,14)15(18)20-4-2/h5-6,8-9,13-14H,3-4,7,10H2,1-2H3/t13?,14-,17+/m1/s1. The normalized spacial score (nSPS) is 29.7. The number of cyclic esters (lactones) is 1. The van der Waals surface area contributed by atoms with Crippen LogP contribution < -0.4 is 0 Å². The summed E-state index contributed by atoms with van der Waals surface area (Å²) in [5, 5.41) is 0. The lowest BCUT2D eigenvalue weighted by atomic mass is 9.70. The molecule has 0 bridgehead atoms. The summed E-state index contributed by atoms with van der Waals surface area (Å²) in [5.41, 5.74) is 0.999.